The molecule has 23 heavy (non-hydrogen) atoms. The Morgan fingerprint density at radius 3 is 3.00 bits per heavy atom. The van der Waals surface area contributed by atoms with E-state index in [-0.39, 0.29) is 5.91 Å². The van der Waals surface area contributed by atoms with Crippen molar-refractivity contribution in [2.24, 2.45) is 12.0 Å². The van der Waals surface area contributed by atoms with Crippen LogP contribution in [0.5, 0.6) is 5.75 Å². The molecule has 2 aromatic heterocycles. The number of carbonyl (C=O) groups excluding carboxylic acids is 1. The highest BCUT2D eigenvalue weighted by Gasteiger charge is 2.13. The monoisotopic (exact) mass is 328 g/mol. The number of ether oxygens (including phenoxy) is 1. The second-order valence-corrected chi connectivity index (χ2v) is 5.68. The van der Waals surface area contributed by atoms with Gasteiger partial charge in [-0.3, -0.25) is 9.89 Å². The van der Waals surface area contributed by atoms with Crippen molar-refractivity contribution in [1.82, 2.24) is 14.8 Å². The van der Waals surface area contributed by atoms with Crippen molar-refractivity contribution >= 4 is 17.2 Å². The second-order valence-electron chi connectivity index (χ2n) is 4.81. The van der Waals surface area contributed by atoms with Gasteiger partial charge in [-0.25, -0.2) is 0 Å². The Hall–Kier alpha value is -2.67. The van der Waals surface area contributed by atoms with Gasteiger partial charge in [-0.05, 0) is 25.1 Å². The van der Waals surface area contributed by atoms with Crippen LogP contribution in [0.4, 0.5) is 0 Å². The number of benzene rings is 1. The molecule has 6 nitrogen and oxygen atoms in total. The van der Waals surface area contributed by atoms with Crippen molar-refractivity contribution in [2.75, 3.05) is 6.61 Å². The predicted molar refractivity (Wildman–Crippen MR) is 88.4 cm³/mol. The van der Waals surface area contributed by atoms with Crippen LogP contribution in [-0.4, -0.2) is 27.3 Å². The molecule has 1 aromatic carbocycles. The number of nitrogens with zero attached hydrogens (tertiary/aromatic N) is 3. The molecule has 0 fully saturated rings. The van der Waals surface area contributed by atoms with Crippen LogP contribution < -0.4 is 9.54 Å². The largest absolute Gasteiger partial charge is 0.493 e. The van der Waals surface area contributed by atoms with Gasteiger partial charge in [0.2, 0.25) is 0 Å². The lowest BCUT2D eigenvalue weighted by Crippen LogP contribution is -2.12. The van der Waals surface area contributed by atoms with Gasteiger partial charge in [-0.1, -0.05) is 12.1 Å². The summed E-state index contributed by atoms with van der Waals surface area (Å²) in [6, 6.07) is 9.29. The summed E-state index contributed by atoms with van der Waals surface area (Å²) >= 11 is 1.41. The number of hydrogen-bond donors (Lipinski definition) is 1. The van der Waals surface area contributed by atoms with E-state index in [1.54, 1.807) is 10.6 Å². The van der Waals surface area contributed by atoms with Crippen LogP contribution in [0.1, 0.15) is 17.4 Å². The Kier molecular flexibility index (Phi) is 4.38. The molecule has 3 rings (SSSR count). The Morgan fingerprint density at radius 1 is 1.43 bits per heavy atom. The Morgan fingerprint density at radius 2 is 2.26 bits per heavy atom. The zero-order valence-corrected chi connectivity index (χ0v) is 13.6. The first-order valence-electron chi connectivity index (χ1n) is 7.16. The lowest BCUT2D eigenvalue weighted by molar-refractivity contribution is 0.0993. The lowest BCUT2D eigenvalue weighted by atomic mass is 10.1. The summed E-state index contributed by atoms with van der Waals surface area (Å²) in [4.78, 5) is 17.0. The van der Waals surface area contributed by atoms with Gasteiger partial charge in [0.25, 0.3) is 5.91 Å². The fraction of sp³-hybridized carbons (Fsp3) is 0.188. The number of nitrogens with one attached hydrogen (secondary N) is 1. The number of H-pyrrole nitrogens is 1. The van der Waals surface area contributed by atoms with Gasteiger partial charge in [0.15, 0.2) is 4.80 Å². The van der Waals surface area contributed by atoms with E-state index < -0.39 is 0 Å². The fourth-order valence-corrected chi connectivity index (χ4v) is 2.84. The molecule has 0 saturated carbocycles. The molecule has 2 heterocycles. The molecule has 0 atom stereocenters. The molecule has 0 saturated heterocycles. The summed E-state index contributed by atoms with van der Waals surface area (Å²) in [5.74, 6) is 0.387. The molecule has 118 valence electrons. The van der Waals surface area contributed by atoms with Crippen molar-refractivity contribution in [3.63, 3.8) is 0 Å². The van der Waals surface area contributed by atoms with Gasteiger partial charge >= 0.3 is 0 Å². The first-order valence-corrected chi connectivity index (χ1v) is 8.03. The minimum atomic E-state index is -0.351. The van der Waals surface area contributed by atoms with Gasteiger partial charge in [0, 0.05) is 24.2 Å². The van der Waals surface area contributed by atoms with Crippen LogP contribution in [0.2, 0.25) is 0 Å². The number of amides is 1. The summed E-state index contributed by atoms with van der Waals surface area (Å²) in [5, 5.41) is 8.84. The van der Waals surface area contributed by atoms with Gasteiger partial charge in [0.1, 0.15) is 11.4 Å². The lowest BCUT2D eigenvalue weighted by Gasteiger charge is -2.07. The summed E-state index contributed by atoms with van der Waals surface area (Å²) in [5.41, 5.74) is 1.84. The van der Waals surface area contributed by atoms with Gasteiger partial charge in [-0.2, -0.15) is 10.1 Å². The summed E-state index contributed by atoms with van der Waals surface area (Å²) < 4.78 is 7.39. The van der Waals surface area contributed by atoms with Gasteiger partial charge in [0.05, 0.1) is 12.3 Å². The number of hydrogen-bond acceptors (Lipinski definition) is 4. The molecule has 1 N–H and O–H groups in total. The van der Waals surface area contributed by atoms with E-state index in [0.29, 0.717) is 22.8 Å². The van der Waals surface area contributed by atoms with Crippen molar-refractivity contribution in [1.29, 1.82) is 0 Å². The molecular formula is C16H16N4O2S. The maximum atomic E-state index is 12.2. The average molecular weight is 328 g/mol. The van der Waals surface area contributed by atoms with E-state index in [4.69, 9.17) is 4.74 Å². The predicted octanol–water partition coefficient (Wildman–Crippen LogP) is 2.62. The zero-order chi connectivity index (χ0) is 16.2. The van der Waals surface area contributed by atoms with Crippen molar-refractivity contribution in [3.8, 4) is 17.0 Å². The van der Waals surface area contributed by atoms with Crippen molar-refractivity contribution < 1.29 is 9.53 Å². The average Bonchev–Trinajstić information content (AvgIpc) is 3.18. The molecule has 0 spiro atoms. The highest BCUT2D eigenvalue weighted by molar-refractivity contribution is 7.07. The van der Waals surface area contributed by atoms with E-state index in [9.17, 15) is 4.79 Å². The highest BCUT2D eigenvalue weighted by Crippen LogP contribution is 2.28. The van der Waals surface area contributed by atoms with E-state index in [0.717, 1.165) is 11.3 Å². The fourth-order valence-electron chi connectivity index (χ4n) is 2.11. The number of aromatic nitrogens is 3. The van der Waals surface area contributed by atoms with E-state index >= 15 is 0 Å². The first-order chi connectivity index (χ1) is 11.2. The summed E-state index contributed by atoms with van der Waals surface area (Å²) in [7, 11) is 1.85. The molecule has 0 aliphatic heterocycles. The summed E-state index contributed by atoms with van der Waals surface area (Å²) in [6.07, 6.45) is 1.85. The molecule has 1 amide bonds. The second kappa shape index (κ2) is 6.62. The number of carbonyl (C=O) groups is 1. The third kappa shape index (κ3) is 3.24. The number of rotatable bonds is 4. The van der Waals surface area contributed by atoms with Crippen LogP contribution >= 0.6 is 11.3 Å². The normalized spacial score (nSPS) is 11.7. The number of para-hydroxylation sites is 1. The van der Waals surface area contributed by atoms with Crippen LogP contribution in [0.3, 0.4) is 0 Å². The molecular weight excluding hydrogens is 312 g/mol. The topological polar surface area (TPSA) is 72.3 Å². The van der Waals surface area contributed by atoms with Gasteiger partial charge in [-0.15, -0.1) is 11.3 Å². The van der Waals surface area contributed by atoms with Crippen LogP contribution in [0, 0.1) is 0 Å². The molecule has 0 aliphatic carbocycles. The smallest absolute Gasteiger partial charge is 0.297 e. The van der Waals surface area contributed by atoms with Crippen molar-refractivity contribution in [2.45, 2.75) is 6.92 Å². The van der Waals surface area contributed by atoms with Gasteiger partial charge < -0.3 is 9.30 Å². The molecule has 0 radical (unpaired) electrons. The Labute approximate surface area is 137 Å². The third-order valence-electron chi connectivity index (χ3n) is 3.23. The molecule has 7 heteroatoms. The molecule has 0 bridgehead atoms. The third-order valence-corrected chi connectivity index (χ3v) is 4.08. The van der Waals surface area contributed by atoms with Crippen LogP contribution in [0.15, 0.2) is 46.9 Å². The maximum Gasteiger partial charge on any atom is 0.297 e. The van der Waals surface area contributed by atoms with E-state index in [1.165, 1.54) is 11.3 Å². The van der Waals surface area contributed by atoms with E-state index in [2.05, 4.69) is 15.2 Å². The molecule has 3 aromatic rings. The SMILES string of the molecule is CCOc1ccccc1-c1cc(C(=O)N=c2sccn2C)[nH]n1. The standard InChI is InChI=1S/C16H16N4O2S/c1-3-22-14-7-5-4-6-11(14)12-10-13(19-18-12)15(21)17-16-20(2)8-9-23-16/h4-10H,3H2,1-2H3,(H,18,19). The number of aromatic amines is 1. The minimum absolute atomic E-state index is 0.347. The van der Waals surface area contributed by atoms with E-state index in [1.807, 2.05) is 49.8 Å². The maximum absolute atomic E-state index is 12.2. The first kappa shape index (κ1) is 15.2. The summed E-state index contributed by atoms with van der Waals surface area (Å²) in [6.45, 7) is 2.49. The number of thiazole rings is 1. The minimum Gasteiger partial charge on any atom is -0.493 e. The van der Waals surface area contributed by atoms with Crippen molar-refractivity contribution in [3.05, 3.63) is 52.4 Å². The Bertz CT molecular complexity index is 891. The molecule has 0 aliphatic rings. The zero-order valence-electron chi connectivity index (χ0n) is 12.8. The number of aryl methyl sites for hydroxylation is 1. The quantitative estimate of drug-likeness (QED) is 0.800. The van der Waals surface area contributed by atoms with Crippen LogP contribution in [-0.2, 0) is 7.05 Å². The Balaban J connectivity index is 1.92. The molecule has 0 unspecified atom stereocenters. The highest BCUT2D eigenvalue weighted by atomic mass is 32.1. The van der Waals surface area contributed by atoms with Crippen LogP contribution in [0.25, 0.3) is 11.3 Å².